The van der Waals surface area contributed by atoms with Crippen LogP contribution in [0.3, 0.4) is 0 Å². The zero-order valence-electron chi connectivity index (χ0n) is 15.5. The van der Waals surface area contributed by atoms with E-state index in [0.717, 1.165) is 12.1 Å². The number of methoxy groups -OCH3 is 1. The first-order valence-corrected chi connectivity index (χ1v) is 10.8. The van der Waals surface area contributed by atoms with Gasteiger partial charge in [0.2, 0.25) is 10.0 Å². The molecule has 10 heteroatoms. The molecular formula is C19H19ClF2N2O4S. The van der Waals surface area contributed by atoms with Crippen molar-refractivity contribution in [2.45, 2.75) is 18.9 Å². The summed E-state index contributed by atoms with van der Waals surface area (Å²) in [5.74, 6) is -1.97. The molecule has 0 unspecified atom stereocenters. The van der Waals surface area contributed by atoms with Crippen molar-refractivity contribution >= 4 is 33.2 Å². The number of halogens is 3. The third kappa shape index (κ3) is 4.92. The van der Waals surface area contributed by atoms with E-state index in [-0.39, 0.29) is 34.2 Å². The van der Waals surface area contributed by atoms with Gasteiger partial charge in [0.05, 0.1) is 23.4 Å². The molecule has 0 spiro atoms. The van der Waals surface area contributed by atoms with Crippen molar-refractivity contribution in [1.82, 2.24) is 4.72 Å². The topological polar surface area (TPSA) is 84.5 Å². The van der Waals surface area contributed by atoms with Crippen LogP contribution in [-0.4, -0.2) is 33.8 Å². The Morgan fingerprint density at radius 1 is 1.24 bits per heavy atom. The van der Waals surface area contributed by atoms with Crippen molar-refractivity contribution in [2.24, 2.45) is 0 Å². The van der Waals surface area contributed by atoms with Crippen LogP contribution in [0.15, 0.2) is 30.3 Å². The highest BCUT2D eigenvalue weighted by atomic mass is 35.5. The van der Waals surface area contributed by atoms with Crippen LogP contribution in [0, 0.1) is 11.6 Å². The van der Waals surface area contributed by atoms with Crippen molar-refractivity contribution < 1.29 is 26.7 Å². The minimum Gasteiger partial charge on any atom is -0.384 e. The lowest BCUT2D eigenvalue weighted by Crippen LogP contribution is -2.31. The molecule has 3 rings (SSSR count). The second kappa shape index (κ2) is 8.74. The Balaban J connectivity index is 1.85. The van der Waals surface area contributed by atoms with Crippen LogP contribution >= 0.6 is 11.6 Å². The average Bonchev–Trinajstić information content (AvgIpc) is 3.07. The number of rotatable bonds is 7. The fraction of sp³-hybridized carbons (Fsp3) is 0.316. The summed E-state index contributed by atoms with van der Waals surface area (Å²) in [5.41, 5.74) is 1.11. The Kier molecular flexibility index (Phi) is 6.52. The van der Waals surface area contributed by atoms with Gasteiger partial charge < -0.3 is 10.1 Å². The van der Waals surface area contributed by atoms with Gasteiger partial charge in [-0.25, -0.2) is 21.9 Å². The second-order valence-corrected chi connectivity index (χ2v) is 8.87. The minimum absolute atomic E-state index is 0.0140. The molecule has 1 aliphatic carbocycles. The van der Waals surface area contributed by atoms with Crippen molar-refractivity contribution in [2.75, 3.05) is 24.8 Å². The monoisotopic (exact) mass is 444 g/mol. The third-order valence-electron chi connectivity index (χ3n) is 4.64. The number of fused-ring (bicyclic) bond motifs is 1. The number of sulfonamides is 1. The first-order valence-electron chi connectivity index (χ1n) is 8.78. The lowest BCUT2D eigenvalue weighted by atomic mass is 10.0. The minimum atomic E-state index is -3.67. The summed E-state index contributed by atoms with van der Waals surface area (Å²) in [6, 6.07) is 5.46. The molecule has 0 radical (unpaired) electrons. The molecule has 1 amide bonds. The molecule has 2 aromatic carbocycles. The average molecular weight is 445 g/mol. The number of carbonyl (C=O) groups is 1. The van der Waals surface area contributed by atoms with E-state index >= 15 is 0 Å². The maximum absolute atomic E-state index is 14.5. The zero-order chi connectivity index (χ0) is 21.2. The molecule has 0 aromatic heterocycles. The maximum Gasteiger partial charge on any atom is 0.255 e. The lowest BCUT2D eigenvalue weighted by Gasteiger charge is -2.16. The van der Waals surface area contributed by atoms with Gasteiger partial charge >= 0.3 is 0 Å². The first kappa shape index (κ1) is 21.6. The number of nitrogens with one attached hydrogen (secondary N) is 2. The quantitative estimate of drug-likeness (QED) is 0.685. The van der Waals surface area contributed by atoms with Crippen LogP contribution in [0.2, 0.25) is 5.02 Å². The standard InChI is InChI=1S/C19H19ClF2N2O4S/c1-28-8-9-29(26,27)24-17-7-4-12-13(3-6-16(22)18(12)17)19(25)23-11-2-5-15(21)14(20)10-11/h2-3,5-6,10,17,24H,4,7-9H2,1H3,(H,23,25)/t17-/m0/s1. The van der Waals surface area contributed by atoms with E-state index in [1.165, 1.54) is 25.3 Å². The fourth-order valence-electron chi connectivity index (χ4n) is 3.29. The SMILES string of the molecule is COCCS(=O)(=O)N[C@H]1CCc2c(C(=O)Nc3ccc(F)c(Cl)c3)ccc(F)c21. The van der Waals surface area contributed by atoms with Crippen LogP contribution in [0.1, 0.15) is 33.9 Å². The van der Waals surface area contributed by atoms with E-state index in [4.69, 9.17) is 16.3 Å². The largest absolute Gasteiger partial charge is 0.384 e. The van der Waals surface area contributed by atoms with Crippen LogP contribution < -0.4 is 10.0 Å². The number of amides is 1. The van der Waals surface area contributed by atoms with E-state index in [1.54, 1.807) is 0 Å². The van der Waals surface area contributed by atoms with Gasteiger partial charge in [0.1, 0.15) is 11.6 Å². The van der Waals surface area contributed by atoms with E-state index in [1.807, 2.05) is 0 Å². The molecule has 0 saturated heterocycles. The number of benzene rings is 2. The molecule has 0 bridgehead atoms. The summed E-state index contributed by atoms with van der Waals surface area (Å²) < 4.78 is 59.3. The normalized spacial score (nSPS) is 15.9. The van der Waals surface area contributed by atoms with Crippen molar-refractivity contribution in [3.8, 4) is 0 Å². The van der Waals surface area contributed by atoms with Crippen molar-refractivity contribution in [1.29, 1.82) is 0 Å². The molecule has 6 nitrogen and oxygen atoms in total. The van der Waals surface area contributed by atoms with E-state index in [0.29, 0.717) is 18.4 Å². The van der Waals surface area contributed by atoms with Gasteiger partial charge in [-0.15, -0.1) is 0 Å². The highest BCUT2D eigenvalue weighted by Gasteiger charge is 2.32. The van der Waals surface area contributed by atoms with Crippen molar-refractivity contribution in [3.05, 3.63) is 63.7 Å². The van der Waals surface area contributed by atoms with Gasteiger partial charge in [0, 0.05) is 23.9 Å². The number of hydrogen-bond acceptors (Lipinski definition) is 4. The Labute approximate surface area is 172 Å². The number of hydrogen-bond donors (Lipinski definition) is 2. The predicted octanol–water partition coefficient (Wildman–Crippen LogP) is 3.42. The predicted molar refractivity (Wildman–Crippen MR) is 106 cm³/mol. The van der Waals surface area contributed by atoms with Crippen LogP contribution in [-0.2, 0) is 21.2 Å². The molecule has 0 heterocycles. The smallest absolute Gasteiger partial charge is 0.255 e. The summed E-state index contributed by atoms with van der Waals surface area (Å²) in [6.45, 7) is 0.0140. The zero-order valence-corrected chi connectivity index (χ0v) is 17.0. The van der Waals surface area contributed by atoms with Gasteiger partial charge in [0.25, 0.3) is 5.91 Å². The van der Waals surface area contributed by atoms with Crippen molar-refractivity contribution in [3.63, 3.8) is 0 Å². The molecule has 156 valence electrons. The van der Waals surface area contributed by atoms with Gasteiger partial charge in [-0.3, -0.25) is 4.79 Å². The number of ether oxygens (including phenoxy) is 1. The Morgan fingerprint density at radius 2 is 1.97 bits per heavy atom. The molecule has 2 aromatic rings. The molecule has 2 N–H and O–H groups in total. The van der Waals surface area contributed by atoms with E-state index < -0.39 is 33.6 Å². The highest BCUT2D eigenvalue weighted by Crippen LogP contribution is 2.36. The second-order valence-electron chi connectivity index (χ2n) is 6.59. The molecule has 0 saturated carbocycles. The van der Waals surface area contributed by atoms with Crippen LogP contribution in [0.5, 0.6) is 0 Å². The molecule has 0 fully saturated rings. The van der Waals surface area contributed by atoms with Gasteiger partial charge in [-0.05, 0) is 48.7 Å². The molecular weight excluding hydrogens is 426 g/mol. The Hall–Kier alpha value is -2.07. The summed E-state index contributed by atoms with van der Waals surface area (Å²) in [4.78, 5) is 12.7. The molecule has 1 atom stereocenters. The van der Waals surface area contributed by atoms with Gasteiger partial charge in [-0.2, -0.15) is 0 Å². The van der Waals surface area contributed by atoms with Crippen LogP contribution in [0.4, 0.5) is 14.5 Å². The van der Waals surface area contributed by atoms with Gasteiger partial charge in [-0.1, -0.05) is 11.6 Å². The molecule has 29 heavy (non-hydrogen) atoms. The summed E-state index contributed by atoms with van der Waals surface area (Å²) >= 11 is 5.72. The van der Waals surface area contributed by atoms with Gasteiger partial charge in [0.15, 0.2) is 0 Å². The highest BCUT2D eigenvalue weighted by molar-refractivity contribution is 7.89. The van der Waals surface area contributed by atoms with Crippen LogP contribution in [0.25, 0.3) is 0 Å². The molecule has 1 aliphatic rings. The van der Waals surface area contributed by atoms with E-state index in [9.17, 15) is 22.0 Å². The Morgan fingerprint density at radius 3 is 2.66 bits per heavy atom. The maximum atomic E-state index is 14.5. The fourth-order valence-corrected chi connectivity index (χ4v) is 4.64. The summed E-state index contributed by atoms with van der Waals surface area (Å²) in [6.07, 6.45) is 0.655. The lowest BCUT2D eigenvalue weighted by molar-refractivity contribution is 0.102. The first-order chi connectivity index (χ1) is 13.7. The van der Waals surface area contributed by atoms with E-state index in [2.05, 4.69) is 10.0 Å². The third-order valence-corrected chi connectivity index (χ3v) is 6.27. The molecule has 0 aliphatic heterocycles. The summed E-state index contributed by atoms with van der Waals surface area (Å²) in [5, 5.41) is 2.46. The number of carbonyl (C=O) groups excluding carboxylic acids is 1. The Bertz CT molecular complexity index is 1050. The summed E-state index contributed by atoms with van der Waals surface area (Å²) in [7, 11) is -2.28. The number of anilines is 1.